The Bertz CT molecular complexity index is 654. The van der Waals surface area contributed by atoms with Crippen molar-refractivity contribution in [1.29, 1.82) is 0 Å². The number of aromatic nitrogens is 1. The van der Waals surface area contributed by atoms with Gasteiger partial charge >= 0.3 is 0 Å². The molecule has 0 atom stereocenters. The number of nitrogens with zero attached hydrogens (tertiary/aromatic N) is 1. The lowest BCUT2D eigenvalue weighted by Gasteiger charge is -1.98. The molecule has 1 nitrogen and oxygen atoms in total. The van der Waals surface area contributed by atoms with Crippen LogP contribution in [0, 0.1) is 18.8 Å². The average molecular weight is 394 g/mol. The van der Waals surface area contributed by atoms with Crippen LogP contribution in [0.4, 0.5) is 0 Å². The van der Waals surface area contributed by atoms with Crippen molar-refractivity contribution in [3.05, 3.63) is 62.8 Å². The number of benzene rings is 1. The Hall–Kier alpha value is -1.11. The Morgan fingerprint density at radius 1 is 1.15 bits per heavy atom. The normalized spacial score (nSPS) is 9.95. The Kier molecular flexibility index (Phi) is 5.82. The van der Waals surface area contributed by atoms with Crippen molar-refractivity contribution in [3.63, 3.8) is 0 Å². The summed E-state index contributed by atoms with van der Waals surface area (Å²) in [5.41, 5.74) is 2.32. The second-order valence-corrected chi connectivity index (χ2v) is 6.33. The first-order chi connectivity index (χ1) is 9.66. The van der Waals surface area contributed by atoms with E-state index in [0.717, 1.165) is 33.9 Å². The van der Waals surface area contributed by atoms with E-state index in [1.807, 2.05) is 18.2 Å². The Morgan fingerprint density at radius 3 is 2.80 bits per heavy atom. The van der Waals surface area contributed by atoms with E-state index < -0.39 is 0 Å². The monoisotopic (exact) mass is 392 g/mol. The van der Waals surface area contributed by atoms with E-state index in [4.69, 9.17) is 0 Å². The molecule has 0 amide bonds. The second kappa shape index (κ2) is 7.61. The topological polar surface area (TPSA) is 3.88 Å². The maximum absolute atomic E-state index is 3.52. The van der Waals surface area contributed by atoms with Crippen LogP contribution in [0.1, 0.15) is 24.1 Å². The summed E-state index contributed by atoms with van der Waals surface area (Å²) in [4.78, 5) is 0. The van der Waals surface area contributed by atoms with Crippen LogP contribution in [0.25, 0.3) is 0 Å². The number of rotatable bonds is 3. The molecule has 0 saturated heterocycles. The molecule has 0 spiro atoms. The molecule has 1 aromatic heterocycles. The molecule has 20 heavy (non-hydrogen) atoms. The zero-order valence-corrected chi connectivity index (χ0v) is 14.5. The van der Waals surface area contributed by atoms with Gasteiger partial charge in [-0.3, -0.25) is 0 Å². The highest BCUT2D eigenvalue weighted by atomic mass is 79.9. The van der Waals surface area contributed by atoms with Gasteiger partial charge in [0.15, 0.2) is 11.9 Å². The van der Waals surface area contributed by atoms with Crippen molar-refractivity contribution in [2.45, 2.75) is 26.3 Å². The predicted octanol–water partition coefficient (Wildman–Crippen LogP) is 4.64. The first-order valence-corrected chi connectivity index (χ1v) is 8.14. The summed E-state index contributed by atoms with van der Waals surface area (Å²) in [5.74, 6) is 6.46. The lowest BCUT2D eigenvalue weighted by molar-refractivity contribution is -0.703. The smallest absolute Gasteiger partial charge is 0.178 e. The quantitative estimate of drug-likeness (QED) is 0.406. The molecule has 0 bridgehead atoms. The fourth-order valence-corrected chi connectivity index (χ4v) is 2.61. The van der Waals surface area contributed by atoms with Crippen LogP contribution in [0.2, 0.25) is 0 Å². The predicted molar refractivity (Wildman–Crippen MR) is 89.3 cm³/mol. The van der Waals surface area contributed by atoms with Crippen LogP contribution in [0.15, 0.2) is 51.5 Å². The van der Waals surface area contributed by atoms with E-state index in [0.29, 0.717) is 0 Å². The highest BCUT2D eigenvalue weighted by Crippen LogP contribution is 2.20. The van der Waals surface area contributed by atoms with Crippen LogP contribution in [0.3, 0.4) is 0 Å². The fraction of sp³-hybridized carbons (Fsp3) is 0.235. The van der Waals surface area contributed by atoms with E-state index in [-0.39, 0.29) is 0 Å². The van der Waals surface area contributed by atoms with Gasteiger partial charge in [0.2, 0.25) is 0 Å². The first kappa shape index (κ1) is 15.3. The molecule has 2 rings (SSSR count). The molecular formula is C17H16Br2N+. The molecule has 0 aliphatic rings. The molecule has 0 radical (unpaired) electrons. The maximum Gasteiger partial charge on any atom is 0.178 e. The van der Waals surface area contributed by atoms with Crippen LogP contribution >= 0.6 is 31.9 Å². The molecule has 2 aromatic rings. The standard InChI is InChI=1S/C17H16Br2N/c1-14-7-4-6-12-20(14)11-5-2-3-8-15-13-16(18)9-10-17(15)19/h4,6-7,9-10,12-13H,2,5,11H2,1H3/q+1. The van der Waals surface area contributed by atoms with Crippen molar-refractivity contribution in [1.82, 2.24) is 0 Å². The SMILES string of the molecule is Cc1cccc[n+]1CCCC#Cc1cc(Br)ccc1Br. The van der Waals surface area contributed by atoms with Crippen LogP contribution in [-0.2, 0) is 6.54 Å². The number of hydrogen-bond donors (Lipinski definition) is 0. The number of halogens is 2. The molecule has 0 fully saturated rings. The zero-order chi connectivity index (χ0) is 14.4. The molecule has 0 N–H and O–H groups in total. The number of aryl methyl sites for hydroxylation is 2. The van der Waals surface area contributed by atoms with Gasteiger partial charge in [0.1, 0.15) is 6.54 Å². The molecule has 1 aromatic carbocycles. The third kappa shape index (κ3) is 4.47. The maximum atomic E-state index is 3.52. The summed E-state index contributed by atoms with van der Waals surface area (Å²) in [5, 5.41) is 0. The highest BCUT2D eigenvalue weighted by Gasteiger charge is 2.02. The lowest BCUT2D eigenvalue weighted by Crippen LogP contribution is -2.36. The zero-order valence-electron chi connectivity index (χ0n) is 11.4. The largest absolute Gasteiger partial charge is 0.203 e. The summed E-state index contributed by atoms with van der Waals surface area (Å²) in [6.45, 7) is 3.14. The lowest BCUT2D eigenvalue weighted by atomic mass is 10.2. The third-order valence-corrected chi connectivity index (χ3v) is 4.20. The van der Waals surface area contributed by atoms with Gasteiger partial charge in [-0.1, -0.05) is 33.8 Å². The van der Waals surface area contributed by atoms with Crippen molar-refractivity contribution < 1.29 is 4.57 Å². The van der Waals surface area contributed by atoms with Gasteiger partial charge in [-0.15, -0.1) is 0 Å². The molecule has 102 valence electrons. The fourth-order valence-electron chi connectivity index (χ4n) is 1.90. The summed E-state index contributed by atoms with van der Waals surface area (Å²) in [7, 11) is 0. The molecule has 1 heterocycles. The second-order valence-electron chi connectivity index (χ2n) is 4.56. The van der Waals surface area contributed by atoms with E-state index in [1.165, 1.54) is 5.69 Å². The molecule has 0 saturated carbocycles. The summed E-state index contributed by atoms with van der Waals surface area (Å²) >= 11 is 6.98. The van der Waals surface area contributed by atoms with E-state index >= 15 is 0 Å². The van der Waals surface area contributed by atoms with Crippen molar-refractivity contribution in [2.75, 3.05) is 0 Å². The minimum atomic E-state index is 0.903. The van der Waals surface area contributed by atoms with Gasteiger partial charge < -0.3 is 0 Å². The summed E-state index contributed by atoms with van der Waals surface area (Å²) < 4.78 is 4.36. The van der Waals surface area contributed by atoms with Gasteiger partial charge in [-0.2, -0.15) is 0 Å². The van der Waals surface area contributed by atoms with Crippen LogP contribution in [0.5, 0.6) is 0 Å². The van der Waals surface area contributed by atoms with Crippen LogP contribution in [-0.4, -0.2) is 0 Å². The number of unbranched alkanes of at least 4 members (excludes halogenated alkanes) is 1. The third-order valence-electron chi connectivity index (χ3n) is 3.02. The Balaban J connectivity index is 1.89. The van der Waals surface area contributed by atoms with Gasteiger partial charge in [-0.25, -0.2) is 4.57 Å². The van der Waals surface area contributed by atoms with E-state index in [1.54, 1.807) is 0 Å². The van der Waals surface area contributed by atoms with Crippen LogP contribution < -0.4 is 4.57 Å². The molecule has 3 heteroatoms. The molecule has 0 aliphatic heterocycles. The van der Waals surface area contributed by atoms with Gasteiger partial charge in [-0.05, 0) is 34.1 Å². The first-order valence-electron chi connectivity index (χ1n) is 6.56. The van der Waals surface area contributed by atoms with Gasteiger partial charge in [0, 0.05) is 46.4 Å². The summed E-state index contributed by atoms with van der Waals surface area (Å²) in [6, 6.07) is 12.3. The number of hydrogen-bond acceptors (Lipinski definition) is 0. The van der Waals surface area contributed by atoms with E-state index in [2.05, 4.69) is 79.6 Å². The van der Waals surface area contributed by atoms with Crippen molar-refractivity contribution in [2.24, 2.45) is 0 Å². The minimum absolute atomic E-state index is 0.903. The van der Waals surface area contributed by atoms with E-state index in [9.17, 15) is 0 Å². The molecule has 0 aliphatic carbocycles. The highest BCUT2D eigenvalue weighted by molar-refractivity contribution is 9.11. The molecular weight excluding hydrogens is 378 g/mol. The van der Waals surface area contributed by atoms with Gasteiger partial charge in [0.25, 0.3) is 0 Å². The minimum Gasteiger partial charge on any atom is -0.203 e. The van der Waals surface area contributed by atoms with Crippen molar-refractivity contribution in [3.8, 4) is 11.8 Å². The van der Waals surface area contributed by atoms with Gasteiger partial charge in [0.05, 0.1) is 0 Å². The Labute approximate surface area is 137 Å². The number of pyridine rings is 1. The van der Waals surface area contributed by atoms with Crippen molar-refractivity contribution >= 4 is 31.9 Å². The summed E-state index contributed by atoms with van der Waals surface area (Å²) in [6.07, 6.45) is 4.09. The molecule has 0 unspecified atom stereocenters. The average Bonchev–Trinajstić information content (AvgIpc) is 2.44. The Morgan fingerprint density at radius 2 is 2.00 bits per heavy atom.